The molecule has 122 valence electrons. The Labute approximate surface area is 135 Å². The van der Waals surface area contributed by atoms with Gasteiger partial charge in [0.25, 0.3) is 0 Å². The van der Waals surface area contributed by atoms with Crippen LogP contribution in [0.4, 0.5) is 0 Å². The maximum absolute atomic E-state index is 11.8. The average Bonchev–Trinajstić information content (AvgIpc) is 2.41. The molecule has 1 aromatic rings. The number of esters is 1. The third-order valence-corrected chi connectivity index (χ3v) is 3.51. The van der Waals surface area contributed by atoms with Crippen molar-refractivity contribution in [2.45, 2.75) is 72.3 Å². The van der Waals surface area contributed by atoms with Crippen molar-refractivity contribution in [1.82, 2.24) is 0 Å². The molecule has 0 aliphatic heterocycles. The predicted molar refractivity (Wildman–Crippen MR) is 93.9 cm³/mol. The Morgan fingerprint density at radius 3 is 2.55 bits per heavy atom. The second-order valence-electron chi connectivity index (χ2n) is 6.83. The maximum Gasteiger partial charge on any atom is 0.331 e. The summed E-state index contributed by atoms with van der Waals surface area (Å²) in [6.07, 6.45) is 9.51. The number of benzene rings is 1. The van der Waals surface area contributed by atoms with Gasteiger partial charge in [-0.1, -0.05) is 44.4 Å². The molecule has 0 radical (unpaired) electrons. The van der Waals surface area contributed by atoms with Crippen molar-refractivity contribution in [2.75, 3.05) is 0 Å². The topological polar surface area (TPSA) is 26.3 Å². The largest absolute Gasteiger partial charge is 0.457 e. The summed E-state index contributed by atoms with van der Waals surface area (Å²) in [5.74, 6) is -0.285. The van der Waals surface area contributed by atoms with Crippen LogP contribution < -0.4 is 0 Å². The lowest BCUT2D eigenvalue weighted by molar-refractivity contribution is -0.148. The molecule has 0 aromatic heterocycles. The quantitative estimate of drug-likeness (QED) is 0.379. The standard InChI is InChI=1S/C20H30O2/c1-6-7-8-9-12-17-13-10-11-16(2)18(17)14-15-19(21)22-20(3,4)5/h10-11,13-15H,6-9,12H2,1-5H3/b15-14+. The molecule has 0 amide bonds. The molecule has 0 aliphatic rings. The highest BCUT2D eigenvalue weighted by Gasteiger charge is 2.14. The summed E-state index contributed by atoms with van der Waals surface area (Å²) in [5, 5.41) is 0. The molecule has 0 saturated heterocycles. The highest BCUT2D eigenvalue weighted by atomic mass is 16.6. The third-order valence-electron chi connectivity index (χ3n) is 3.51. The van der Waals surface area contributed by atoms with Crippen LogP contribution >= 0.6 is 0 Å². The van der Waals surface area contributed by atoms with Gasteiger partial charge in [-0.15, -0.1) is 0 Å². The maximum atomic E-state index is 11.8. The number of hydrogen-bond acceptors (Lipinski definition) is 2. The third kappa shape index (κ3) is 6.93. The number of carbonyl (C=O) groups is 1. The van der Waals surface area contributed by atoms with Crippen LogP contribution in [0.15, 0.2) is 24.3 Å². The number of aryl methyl sites for hydroxylation is 2. The number of rotatable bonds is 7. The van der Waals surface area contributed by atoms with Gasteiger partial charge in [0.15, 0.2) is 0 Å². The molecule has 22 heavy (non-hydrogen) atoms. The second kappa shape index (κ2) is 8.77. The first-order valence-electron chi connectivity index (χ1n) is 8.33. The summed E-state index contributed by atoms with van der Waals surface area (Å²) in [5.41, 5.74) is 3.23. The number of ether oxygens (including phenoxy) is 1. The van der Waals surface area contributed by atoms with E-state index in [1.807, 2.05) is 26.8 Å². The Hall–Kier alpha value is -1.57. The fraction of sp³-hybridized carbons (Fsp3) is 0.550. The van der Waals surface area contributed by atoms with Gasteiger partial charge in [0, 0.05) is 6.08 Å². The average molecular weight is 302 g/mol. The zero-order valence-corrected chi connectivity index (χ0v) is 14.7. The van der Waals surface area contributed by atoms with Gasteiger partial charge in [-0.3, -0.25) is 0 Å². The predicted octanol–water partition coefficient (Wildman–Crippen LogP) is 5.47. The van der Waals surface area contributed by atoms with E-state index >= 15 is 0 Å². The Bertz CT molecular complexity index is 507. The lowest BCUT2D eigenvalue weighted by Gasteiger charge is -2.18. The zero-order chi connectivity index (χ0) is 16.6. The van der Waals surface area contributed by atoms with E-state index < -0.39 is 5.60 Å². The summed E-state index contributed by atoms with van der Waals surface area (Å²) in [6, 6.07) is 6.34. The zero-order valence-electron chi connectivity index (χ0n) is 14.7. The van der Waals surface area contributed by atoms with E-state index in [0.717, 1.165) is 12.0 Å². The normalized spacial score (nSPS) is 11.9. The van der Waals surface area contributed by atoms with Crippen LogP contribution in [-0.2, 0) is 16.0 Å². The minimum absolute atomic E-state index is 0.285. The van der Waals surface area contributed by atoms with E-state index in [9.17, 15) is 4.79 Å². The van der Waals surface area contributed by atoms with Gasteiger partial charge >= 0.3 is 5.97 Å². The lowest BCUT2D eigenvalue weighted by atomic mass is 9.97. The molecule has 1 rings (SSSR count). The van der Waals surface area contributed by atoms with Crippen LogP contribution in [-0.4, -0.2) is 11.6 Å². The van der Waals surface area contributed by atoms with Crippen LogP contribution in [0, 0.1) is 6.92 Å². The van der Waals surface area contributed by atoms with Gasteiger partial charge in [-0.2, -0.15) is 0 Å². The molecule has 0 heterocycles. The Kier molecular flexibility index (Phi) is 7.37. The molecule has 0 N–H and O–H groups in total. The summed E-state index contributed by atoms with van der Waals surface area (Å²) >= 11 is 0. The molecular formula is C20H30O2. The molecule has 2 heteroatoms. The van der Waals surface area contributed by atoms with E-state index in [2.05, 4.69) is 32.0 Å². The van der Waals surface area contributed by atoms with E-state index in [4.69, 9.17) is 4.74 Å². The molecule has 0 spiro atoms. The fourth-order valence-electron chi connectivity index (χ4n) is 2.43. The summed E-state index contributed by atoms with van der Waals surface area (Å²) in [7, 11) is 0. The summed E-state index contributed by atoms with van der Waals surface area (Å²) < 4.78 is 5.33. The number of carbonyl (C=O) groups excluding carboxylic acids is 1. The second-order valence-corrected chi connectivity index (χ2v) is 6.83. The van der Waals surface area contributed by atoms with E-state index in [1.54, 1.807) is 6.08 Å². The van der Waals surface area contributed by atoms with Crippen molar-refractivity contribution in [2.24, 2.45) is 0 Å². The number of unbranched alkanes of at least 4 members (excludes halogenated alkanes) is 3. The van der Waals surface area contributed by atoms with Crippen molar-refractivity contribution in [3.8, 4) is 0 Å². The van der Waals surface area contributed by atoms with E-state index in [0.29, 0.717) is 0 Å². The monoisotopic (exact) mass is 302 g/mol. The van der Waals surface area contributed by atoms with Gasteiger partial charge in [0.2, 0.25) is 0 Å². The minimum Gasteiger partial charge on any atom is -0.457 e. The van der Waals surface area contributed by atoms with Gasteiger partial charge in [-0.05, 0) is 63.3 Å². The SMILES string of the molecule is CCCCCCc1cccc(C)c1/C=C/C(=O)OC(C)(C)C. The van der Waals surface area contributed by atoms with Gasteiger partial charge < -0.3 is 4.74 Å². The first kappa shape index (κ1) is 18.5. The van der Waals surface area contributed by atoms with Crippen molar-refractivity contribution < 1.29 is 9.53 Å². The van der Waals surface area contributed by atoms with Crippen molar-refractivity contribution >= 4 is 12.0 Å². The Balaban J connectivity index is 2.78. The van der Waals surface area contributed by atoms with Crippen molar-refractivity contribution in [3.63, 3.8) is 0 Å². The molecular weight excluding hydrogens is 272 g/mol. The van der Waals surface area contributed by atoms with Crippen molar-refractivity contribution in [1.29, 1.82) is 0 Å². The first-order chi connectivity index (χ1) is 10.3. The Morgan fingerprint density at radius 1 is 1.18 bits per heavy atom. The lowest BCUT2D eigenvalue weighted by Crippen LogP contribution is -2.22. The van der Waals surface area contributed by atoms with Crippen LogP contribution in [0.3, 0.4) is 0 Å². The smallest absolute Gasteiger partial charge is 0.331 e. The molecule has 0 bridgehead atoms. The molecule has 2 nitrogen and oxygen atoms in total. The molecule has 0 fully saturated rings. The van der Waals surface area contributed by atoms with Crippen LogP contribution in [0.5, 0.6) is 0 Å². The van der Waals surface area contributed by atoms with Crippen LogP contribution in [0.25, 0.3) is 6.08 Å². The molecule has 1 aromatic carbocycles. The molecule has 0 unspecified atom stereocenters. The number of hydrogen-bond donors (Lipinski definition) is 0. The van der Waals surface area contributed by atoms with Gasteiger partial charge in [-0.25, -0.2) is 4.79 Å². The minimum atomic E-state index is -0.448. The Morgan fingerprint density at radius 2 is 1.91 bits per heavy atom. The van der Waals surface area contributed by atoms with Crippen molar-refractivity contribution in [3.05, 3.63) is 41.0 Å². The molecule has 0 aliphatic carbocycles. The summed E-state index contributed by atoms with van der Waals surface area (Å²) in [4.78, 5) is 11.8. The van der Waals surface area contributed by atoms with Gasteiger partial charge in [0.05, 0.1) is 0 Å². The molecule has 0 saturated carbocycles. The van der Waals surface area contributed by atoms with E-state index in [1.165, 1.54) is 36.8 Å². The van der Waals surface area contributed by atoms with Crippen LogP contribution in [0.2, 0.25) is 0 Å². The highest BCUT2D eigenvalue weighted by Crippen LogP contribution is 2.19. The fourth-order valence-corrected chi connectivity index (χ4v) is 2.43. The summed E-state index contributed by atoms with van der Waals surface area (Å²) in [6.45, 7) is 9.95. The van der Waals surface area contributed by atoms with Crippen LogP contribution in [0.1, 0.15) is 70.1 Å². The first-order valence-corrected chi connectivity index (χ1v) is 8.33. The van der Waals surface area contributed by atoms with E-state index in [-0.39, 0.29) is 5.97 Å². The van der Waals surface area contributed by atoms with Gasteiger partial charge in [0.1, 0.15) is 5.60 Å². The highest BCUT2D eigenvalue weighted by molar-refractivity contribution is 5.87. The molecule has 0 atom stereocenters.